The number of hydrogen-bond donors (Lipinski definition) is 2. The fourth-order valence-electron chi connectivity index (χ4n) is 1.16. The van der Waals surface area contributed by atoms with E-state index in [2.05, 4.69) is 5.16 Å². The van der Waals surface area contributed by atoms with Crippen LogP contribution in [0.15, 0.2) is 29.4 Å². The maximum absolute atomic E-state index is 12.2. The smallest absolute Gasteiger partial charge is 0.416 e. The van der Waals surface area contributed by atoms with Crippen molar-refractivity contribution in [3.63, 3.8) is 0 Å². The Morgan fingerprint density at radius 3 is 2.12 bits per heavy atom. The highest BCUT2D eigenvalue weighted by atomic mass is 19.4. The number of benzene rings is 1. The molecule has 0 aliphatic rings. The fourth-order valence-corrected chi connectivity index (χ4v) is 1.16. The second-order valence-electron chi connectivity index (χ2n) is 3.22. The molecule has 7 heteroatoms. The van der Waals surface area contributed by atoms with Gasteiger partial charge in [-0.2, -0.15) is 13.2 Å². The number of hydrogen-bond acceptors (Lipinski definition) is 3. The molecule has 1 aromatic rings. The van der Waals surface area contributed by atoms with Crippen molar-refractivity contribution in [3.05, 3.63) is 35.4 Å². The van der Waals surface area contributed by atoms with E-state index in [1.807, 2.05) is 0 Å². The number of oxime groups is 1. The normalized spacial score (nSPS) is 12.5. The molecule has 0 aliphatic heterocycles. The number of rotatable bonds is 3. The zero-order valence-corrected chi connectivity index (χ0v) is 8.40. The fraction of sp³-hybridized carbons (Fsp3) is 0.200. The zero-order chi connectivity index (χ0) is 13.1. The Labute approximate surface area is 94.0 Å². The summed E-state index contributed by atoms with van der Waals surface area (Å²) in [6, 6.07) is 3.95. The average molecular weight is 247 g/mol. The van der Waals surface area contributed by atoms with Gasteiger partial charge in [0.1, 0.15) is 0 Å². The van der Waals surface area contributed by atoms with Crippen molar-refractivity contribution in [3.8, 4) is 0 Å². The monoisotopic (exact) mass is 247 g/mol. The molecular formula is C10H8F3NO3. The molecule has 0 amide bonds. The summed E-state index contributed by atoms with van der Waals surface area (Å²) < 4.78 is 36.7. The number of carboxylic acid groups (broad SMARTS) is 1. The predicted octanol–water partition coefficient (Wildman–Crippen LogP) is 2.16. The lowest BCUT2D eigenvalue weighted by Crippen LogP contribution is -2.16. The molecule has 4 nitrogen and oxygen atoms in total. The molecule has 0 saturated heterocycles. The van der Waals surface area contributed by atoms with Crippen molar-refractivity contribution < 1.29 is 28.3 Å². The number of halogens is 3. The number of carbonyl (C=O) groups is 1. The van der Waals surface area contributed by atoms with Crippen molar-refractivity contribution in [1.82, 2.24) is 0 Å². The third-order valence-corrected chi connectivity index (χ3v) is 2.02. The van der Waals surface area contributed by atoms with Gasteiger partial charge in [0.15, 0.2) is 5.71 Å². The summed E-state index contributed by atoms with van der Waals surface area (Å²) in [6.45, 7) is 0. The topological polar surface area (TPSA) is 69.9 Å². The molecule has 0 heterocycles. The van der Waals surface area contributed by atoms with Gasteiger partial charge < -0.3 is 10.3 Å². The minimum absolute atomic E-state index is 0.246. The molecule has 2 N–H and O–H groups in total. The third kappa shape index (κ3) is 3.47. The van der Waals surface area contributed by atoms with Crippen LogP contribution >= 0.6 is 0 Å². The standard InChI is InChI=1S/C10H8F3NO3/c11-10(12,13)7-3-1-6(2-4-7)5-8(14-17)9(15)16/h1-4,17H,5H2,(H,15,16)/b14-8-. The van der Waals surface area contributed by atoms with E-state index in [9.17, 15) is 18.0 Å². The van der Waals surface area contributed by atoms with Crippen molar-refractivity contribution in [1.29, 1.82) is 0 Å². The highest BCUT2D eigenvalue weighted by Crippen LogP contribution is 2.29. The first-order chi connectivity index (χ1) is 7.84. The van der Waals surface area contributed by atoms with Crippen LogP contribution < -0.4 is 0 Å². The van der Waals surface area contributed by atoms with Gasteiger partial charge >= 0.3 is 12.1 Å². The molecule has 17 heavy (non-hydrogen) atoms. The minimum Gasteiger partial charge on any atom is -0.477 e. The van der Waals surface area contributed by atoms with E-state index in [0.29, 0.717) is 5.56 Å². The molecule has 0 unspecified atom stereocenters. The van der Waals surface area contributed by atoms with Crippen LogP contribution in [0.3, 0.4) is 0 Å². The van der Waals surface area contributed by atoms with Gasteiger partial charge in [-0.15, -0.1) is 0 Å². The predicted molar refractivity (Wildman–Crippen MR) is 52.0 cm³/mol. The van der Waals surface area contributed by atoms with Gasteiger partial charge in [-0.05, 0) is 17.7 Å². The summed E-state index contributed by atoms with van der Waals surface area (Å²) in [5.74, 6) is -1.42. The minimum atomic E-state index is -4.43. The summed E-state index contributed by atoms with van der Waals surface area (Å²) in [6.07, 6.45) is -4.68. The second-order valence-corrected chi connectivity index (χ2v) is 3.22. The molecule has 0 saturated carbocycles. The van der Waals surface area contributed by atoms with Gasteiger partial charge in [0, 0.05) is 6.42 Å². The van der Waals surface area contributed by atoms with Gasteiger partial charge in [0.05, 0.1) is 5.56 Å². The lowest BCUT2D eigenvalue weighted by molar-refractivity contribution is -0.137. The van der Waals surface area contributed by atoms with Crippen molar-refractivity contribution in [2.75, 3.05) is 0 Å². The molecule has 92 valence electrons. The van der Waals surface area contributed by atoms with E-state index in [1.54, 1.807) is 0 Å². The van der Waals surface area contributed by atoms with Crippen LogP contribution in [0.5, 0.6) is 0 Å². The first kappa shape index (κ1) is 13.0. The Bertz CT molecular complexity index is 437. The largest absolute Gasteiger partial charge is 0.477 e. The Morgan fingerprint density at radius 2 is 1.76 bits per heavy atom. The van der Waals surface area contributed by atoms with E-state index in [4.69, 9.17) is 10.3 Å². The number of aliphatic carboxylic acids is 1. The highest BCUT2D eigenvalue weighted by Gasteiger charge is 2.30. The maximum atomic E-state index is 12.2. The lowest BCUT2D eigenvalue weighted by Gasteiger charge is -2.07. The Morgan fingerprint density at radius 1 is 1.24 bits per heavy atom. The number of alkyl halides is 3. The van der Waals surface area contributed by atoms with Crippen LogP contribution in [-0.4, -0.2) is 22.0 Å². The number of carboxylic acids is 1. The molecule has 1 rings (SSSR count). The molecule has 0 aromatic heterocycles. The number of nitrogens with zero attached hydrogens (tertiary/aromatic N) is 1. The van der Waals surface area contributed by atoms with E-state index in [-0.39, 0.29) is 6.42 Å². The van der Waals surface area contributed by atoms with Crippen molar-refractivity contribution in [2.45, 2.75) is 12.6 Å². The molecule has 0 bridgehead atoms. The Hall–Kier alpha value is -2.05. The molecule has 0 spiro atoms. The molecule has 0 fully saturated rings. The van der Waals surface area contributed by atoms with E-state index in [1.165, 1.54) is 0 Å². The Balaban J connectivity index is 2.86. The van der Waals surface area contributed by atoms with E-state index in [0.717, 1.165) is 24.3 Å². The van der Waals surface area contributed by atoms with E-state index >= 15 is 0 Å². The summed E-state index contributed by atoms with van der Waals surface area (Å²) in [5, 5.41) is 19.5. The summed E-state index contributed by atoms with van der Waals surface area (Å²) >= 11 is 0. The molecule has 1 aromatic carbocycles. The van der Waals surface area contributed by atoms with Crippen molar-refractivity contribution in [2.24, 2.45) is 5.16 Å². The summed E-state index contributed by atoms with van der Waals surface area (Å²) in [4.78, 5) is 10.5. The van der Waals surface area contributed by atoms with Gasteiger partial charge in [-0.3, -0.25) is 0 Å². The zero-order valence-electron chi connectivity index (χ0n) is 8.40. The van der Waals surface area contributed by atoms with Crippen LogP contribution in [-0.2, 0) is 17.4 Å². The van der Waals surface area contributed by atoms with Gasteiger partial charge in [-0.25, -0.2) is 4.79 Å². The van der Waals surface area contributed by atoms with Crippen molar-refractivity contribution >= 4 is 11.7 Å². The second kappa shape index (κ2) is 4.86. The van der Waals surface area contributed by atoms with Crippen LogP contribution in [0.4, 0.5) is 13.2 Å². The molecule has 0 atom stereocenters. The summed E-state index contributed by atoms with van der Waals surface area (Å²) in [7, 11) is 0. The van der Waals surface area contributed by atoms with Crippen LogP contribution in [0.2, 0.25) is 0 Å². The van der Waals surface area contributed by atoms with Crippen LogP contribution in [0.25, 0.3) is 0 Å². The van der Waals surface area contributed by atoms with Gasteiger partial charge in [0.25, 0.3) is 0 Å². The van der Waals surface area contributed by atoms with Gasteiger partial charge in [-0.1, -0.05) is 17.3 Å². The van der Waals surface area contributed by atoms with Gasteiger partial charge in [0.2, 0.25) is 0 Å². The molecule has 0 radical (unpaired) electrons. The SMILES string of the molecule is O=C(O)/C(Cc1ccc(C(F)(F)F)cc1)=N\O. The van der Waals surface area contributed by atoms with E-state index < -0.39 is 23.4 Å². The lowest BCUT2D eigenvalue weighted by atomic mass is 10.1. The Kier molecular flexibility index (Phi) is 3.72. The maximum Gasteiger partial charge on any atom is 0.416 e. The quantitative estimate of drug-likeness (QED) is 0.488. The highest BCUT2D eigenvalue weighted by molar-refractivity contribution is 6.35. The summed E-state index contributed by atoms with van der Waals surface area (Å²) in [5.41, 5.74) is -1.04. The van der Waals surface area contributed by atoms with Crippen LogP contribution in [0.1, 0.15) is 11.1 Å². The molecule has 0 aliphatic carbocycles. The average Bonchev–Trinajstić information content (AvgIpc) is 2.25. The third-order valence-electron chi connectivity index (χ3n) is 2.02. The first-order valence-electron chi connectivity index (χ1n) is 4.45. The van der Waals surface area contributed by atoms with Crippen LogP contribution in [0, 0.1) is 0 Å². The first-order valence-corrected chi connectivity index (χ1v) is 4.45. The molecular weight excluding hydrogens is 239 g/mol.